The van der Waals surface area contributed by atoms with E-state index in [1.54, 1.807) is 0 Å². The van der Waals surface area contributed by atoms with Gasteiger partial charge in [0, 0.05) is 12.0 Å². The second-order valence-electron chi connectivity index (χ2n) is 6.43. The van der Waals surface area contributed by atoms with Crippen LogP contribution in [0.25, 0.3) is 0 Å². The third-order valence-electron chi connectivity index (χ3n) is 3.85. The molecule has 0 unspecified atom stereocenters. The first-order chi connectivity index (χ1) is 7.81. The van der Waals surface area contributed by atoms with Crippen LogP contribution in [0.4, 0.5) is 0 Å². The lowest BCUT2D eigenvalue weighted by atomic mass is 9.85. The molecule has 4 nitrogen and oxygen atoms in total. The number of carbonyl (C=O) groups excluding carboxylic acids is 1. The molecule has 4 N–H and O–H groups in total. The number of rotatable bonds is 4. The van der Waals surface area contributed by atoms with Gasteiger partial charge in [-0.1, -0.05) is 33.6 Å². The predicted molar refractivity (Wildman–Crippen MR) is 68.4 cm³/mol. The maximum absolute atomic E-state index is 11.9. The minimum absolute atomic E-state index is 0.104. The third-order valence-corrected chi connectivity index (χ3v) is 3.85. The predicted octanol–water partition coefficient (Wildman–Crippen LogP) is 1.03. The van der Waals surface area contributed by atoms with Crippen molar-refractivity contribution in [1.29, 1.82) is 0 Å². The highest BCUT2D eigenvalue weighted by Gasteiger charge is 2.35. The maximum Gasteiger partial charge on any atom is 0.237 e. The summed E-state index contributed by atoms with van der Waals surface area (Å²) in [6.45, 7) is 6.56. The minimum atomic E-state index is -0.500. The number of aliphatic hydroxyl groups is 1. The second-order valence-corrected chi connectivity index (χ2v) is 6.43. The zero-order chi connectivity index (χ0) is 13.1. The van der Waals surface area contributed by atoms with Crippen LogP contribution in [-0.4, -0.2) is 30.2 Å². The first-order valence-corrected chi connectivity index (χ1v) is 6.45. The average molecular weight is 242 g/mol. The zero-order valence-corrected chi connectivity index (χ0v) is 11.3. The molecule has 17 heavy (non-hydrogen) atoms. The Kier molecular flexibility index (Phi) is 4.55. The van der Waals surface area contributed by atoms with Crippen LogP contribution in [0.15, 0.2) is 0 Å². The van der Waals surface area contributed by atoms with Gasteiger partial charge in [0.15, 0.2) is 0 Å². The molecule has 0 radical (unpaired) electrons. The highest BCUT2D eigenvalue weighted by atomic mass is 16.3. The number of aliphatic hydroxyl groups excluding tert-OH is 1. The third kappa shape index (κ3) is 3.68. The molecule has 0 saturated heterocycles. The summed E-state index contributed by atoms with van der Waals surface area (Å²) in [5.41, 5.74) is 5.56. The summed E-state index contributed by atoms with van der Waals surface area (Å²) in [5, 5.41) is 12.3. The van der Waals surface area contributed by atoms with E-state index >= 15 is 0 Å². The molecule has 0 aliphatic heterocycles. The number of amides is 1. The lowest BCUT2D eigenvalue weighted by Crippen LogP contribution is -2.51. The topological polar surface area (TPSA) is 75.4 Å². The van der Waals surface area contributed by atoms with Crippen molar-refractivity contribution in [2.45, 2.75) is 52.5 Å². The summed E-state index contributed by atoms with van der Waals surface area (Å²) >= 11 is 0. The zero-order valence-electron chi connectivity index (χ0n) is 11.3. The molecule has 1 fully saturated rings. The van der Waals surface area contributed by atoms with Crippen molar-refractivity contribution in [2.75, 3.05) is 13.2 Å². The number of nitrogens with two attached hydrogens (primary N) is 1. The van der Waals surface area contributed by atoms with Crippen LogP contribution in [0.3, 0.4) is 0 Å². The van der Waals surface area contributed by atoms with Gasteiger partial charge in [-0.2, -0.15) is 0 Å². The number of carbonyl (C=O) groups is 1. The van der Waals surface area contributed by atoms with Crippen LogP contribution in [0.1, 0.15) is 46.5 Å². The van der Waals surface area contributed by atoms with Crippen molar-refractivity contribution in [3.63, 3.8) is 0 Å². The summed E-state index contributed by atoms with van der Waals surface area (Å²) in [4.78, 5) is 11.9. The first kappa shape index (κ1) is 14.5. The highest BCUT2D eigenvalue weighted by Crippen LogP contribution is 2.36. The van der Waals surface area contributed by atoms with Crippen molar-refractivity contribution in [3.8, 4) is 0 Å². The number of nitrogens with one attached hydrogen (secondary N) is 1. The Hall–Kier alpha value is -0.610. The number of hydrogen-bond acceptors (Lipinski definition) is 3. The first-order valence-electron chi connectivity index (χ1n) is 6.45. The van der Waals surface area contributed by atoms with E-state index < -0.39 is 6.04 Å². The summed E-state index contributed by atoms with van der Waals surface area (Å²) in [5.74, 6) is -0.114. The van der Waals surface area contributed by atoms with Crippen LogP contribution >= 0.6 is 0 Å². The molecule has 0 spiro atoms. The van der Waals surface area contributed by atoms with E-state index in [0.717, 1.165) is 25.7 Å². The van der Waals surface area contributed by atoms with Gasteiger partial charge < -0.3 is 16.2 Å². The van der Waals surface area contributed by atoms with Gasteiger partial charge in [0.05, 0.1) is 12.6 Å². The summed E-state index contributed by atoms with van der Waals surface area (Å²) in [6, 6.07) is -0.500. The molecule has 4 heteroatoms. The lowest BCUT2D eigenvalue weighted by molar-refractivity contribution is -0.125. The van der Waals surface area contributed by atoms with Gasteiger partial charge in [0.1, 0.15) is 0 Å². The maximum atomic E-state index is 11.9. The molecule has 0 bridgehead atoms. The van der Waals surface area contributed by atoms with Gasteiger partial charge in [-0.3, -0.25) is 4.79 Å². The largest absolute Gasteiger partial charge is 0.396 e. The summed E-state index contributed by atoms with van der Waals surface area (Å²) in [7, 11) is 0. The lowest BCUT2D eigenvalue weighted by Gasteiger charge is -2.30. The van der Waals surface area contributed by atoms with Crippen molar-refractivity contribution in [3.05, 3.63) is 0 Å². The van der Waals surface area contributed by atoms with E-state index in [1.165, 1.54) is 0 Å². The van der Waals surface area contributed by atoms with E-state index in [2.05, 4.69) is 5.32 Å². The van der Waals surface area contributed by atoms with Crippen LogP contribution in [0.2, 0.25) is 0 Å². The molecule has 1 atom stereocenters. The summed E-state index contributed by atoms with van der Waals surface area (Å²) in [6.07, 6.45) is 4.27. The second kappa shape index (κ2) is 5.36. The van der Waals surface area contributed by atoms with Gasteiger partial charge in [-0.05, 0) is 18.3 Å². The Morgan fingerprint density at radius 2 is 1.94 bits per heavy atom. The average Bonchev–Trinajstić information content (AvgIpc) is 2.73. The van der Waals surface area contributed by atoms with E-state index in [0.29, 0.717) is 6.54 Å². The molecule has 100 valence electrons. The normalized spacial score (nSPS) is 21.2. The fourth-order valence-corrected chi connectivity index (χ4v) is 2.29. The van der Waals surface area contributed by atoms with Crippen LogP contribution < -0.4 is 11.1 Å². The molecule has 0 heterocycles. The van der Waals surface area contributed by atoms with Gasteiger partial charge in [0.2, 0.25) is 5.91 Å². The standard InChI is InChI=1S/C13H26N2O2/c1-12(2,3)10(14)11(17)15-8-13(9-16)6-4-5-7-13/h10,16H,4-9,14H2,1-3H3,(H,15,17)/t10-/m0/s1. The van der Waals surface area contributed by atoms with Crippen molar-refractivity contribution in [1.82, 2.24) is 5.32 Å². The Labute approximate surface area is 104 Å². The molecular weight excluding hydrogens is 216 g/mol. The fourth-order valence-electron chi connectivity index (χ4n) is 2.29. The van der Waals surface area contributed by atoms with Gasteiger partial charge >= 0.3 is 0 Å². The smallest absolute Gasteiger partial charge is 0.237 e. The molecule has 0 aromatic carbocycles. The fraction of sp³-hybridized carbons (Fsp3) is 0.923. The van der Waals surface area contributed by atoms with E-state index in [-0.39, 0.29) is 23.3 Å². The molecule has 1 rings (SSSR count). The Bertz CT molecular complexity index is 265. The molecule has 1 aliphatic rings. The van der Waals surface area contributed by atoms with E-state index in [9.17, 15) is 9.90 Å². The Morgan fingerprint density at radius 3 is 2.35 bits per heavy atom. The van der Waals surface area contributed by atoms with Gasteiger partial charge in [-0.15, -0.1) is 0 Å². The van der Waals surface area contributed by atoms with Crippen LogP contribution in [-0.2, 0) is 4.79 Å². The Morgan fingerprint density at radius 1 is 1.41 bits per heavy atom. The summed E-state index contributed by atoms with van der Waals surface area (Å²) < 4.78 is 0. The van der Waals surface area contributed by atoms with Crippen molar-refractivity contribution < 1.29 is 9.90 Å². The van der Waals surface area contributed by atoms with Crippen LogP contribution in [0.5, 0.6) is 0 Å². The van der Waals surface area contributed by atoms with Gasteiger partial charge in [0.25, 0.3) is 0 Å². The number of hydrogen-bond donors (Lipinski definition) is 3. The molecule has 0 aromatic heterocycles. The SMILES string of the molecule is CC(C)(C)[C@@H](N)C(=O)NCC1(CO)CCCC1. The molecule has 0 aromatic rings. The molecule has 1 amide bonds. The van der Waals surface area contributed by atoms with Crippen molar-refractivity contribution >= 4 is 5.91 Å². The van der Waals surface area contributed by atoms with E-state index in [1.807, 2.05) is 20.8 Å². The molecular formula is C13H26N2O2. The van der Waals surface area contributed by atoms with Crippen LogP contribution in [0, 0.1) is 10.8 Å². The van der Waals surface area contributed by atoms with Gasteiger partial charge in [-0.25, -0.2) is 0 Å². The highest BCUT2D eigenvalue weighted by molar-refractivity contribution is 5.82. The monoisotopic (exact) mass is 242 g/mol. The van der Waals surface area contributed by atoms with Crippen molar-refractivity contribution in [2.24, 2.45) is 16.6 Å². The van der Waals surface area contributed by atoms with E-state index in [4.69, 9.17) is 5.73 Å². The molecule has 1 aliphatic carbocycles. The quantitative estimate of drug-likeness (QED) is 0.689. The Balaban J connectivity index is 2.47. The minimum Gasteiger partial charge on any atom is -0.396 e. The molecule has 1 saturated carbocycles.